The van der Waals surface area contributed by atoms with E-state index in [1.165, 1.54) is 17.7 Å². The third kappa shape index (κ3) is 2.59. The van der Waals surface area contributed by atoms with E-state index in [1.54, 1.807) is 11.3 Å². The number of rotatable bonds is 2. The standard InChI is InChI=1S/C13H16ClNS/c1-10-4-6-13(9-15,7-5-10)8-11-2-3-12(14)16-11/h2-3,10H,4-8H2,1H3. The first-order valence-corrected chi connectivity index (χ1v) is 6.98. The summed E-state index contributed by atoms with van der Waals surface area (Å²) in [4.78, 5) is 1.25. The fourth-order valence-corrected chi connectivity index (χ4v) is 3.65. The fourth-order valence-electron chi connectivity index (χ4n) is 2.42. The first-order valence-electron chi connectivity index (χ1n) is 5.79. The first-order chi connectivity index (χ1) is 7.63. The molecule has 0 unspecified atom stereocenters. The summed E-state index contributed by atoms with van der Waals surface area (Å²) in [5.74, 6) is 0.786. The quantitative estimate of drug-likeness (QED) is 0.752. The Kier molecular flexibility index (Phi) is 3.56. The molecule has 0 saturated heterocycles. The van der Waals surface area contributed by atoms with E-state index in [2.05, 4.69) is 19.1 Å². The highest BCUT2D eigenvalue weighted by molar-refractivity contribution is 7.16. The van der Waals surface area contributed by atoms with Gasteiger partial charge in [0.1, 0.15) is 0 Å². The first kappa shape index (κ1) is 12.0. The van der Waals surface area contributed by atoms with Crippen molar-refractivity contribution in [1.82, 2.24) is 0 Å². The topological polar surface area (TPSA) is 23.8 Å². The molecular weight excluding hydrogens is 238 g/mol. The van der Waals surface area contributed by atoms with Crippen LogP contribution >= 0.6 is 22.9 Å². The third-order valence-electron chi connectivity index (χ3n) is 3.61. The van der Waals surface area contributed by atoms with Gasteiger partial charge in [-0.15, -0.1) is 11.3 Å². The molecular formula is C13H16ClNS. The SMILES string of the molecule is CC1CCC(C#N)(Cc2ccc(Cl)s2)CC1. The van der Waals surface area contributed by atoms with Crippen LogP contribution in [0, 0.1) is 22.7 Å². The normalized spacial score (nSPS) is 29.9. The average molecular weight is 254 g/mol. The molecule has 0 spiro atoms. The maximum Gasteiger partial charge on any atom is 0.0931 e. The lowest BCUT2D eigenvalue weighted by Gasteiger charge is -2.33. The summed E-state index contributed by atoms with van der Waals surface area (Å²) in [5, 5.41) is 9.42. The largest absolute Gasteiger partial charge is 0.198 e. The Morgan fingerprint density at radius 1 is 1.50 bits per heavy atom. The van der Waals surface area contributed by atoms with Gasteiger partial charge < -0.3 is 0 Å². The van der Waals surface area contributed by atoms with Gasteiger partial charge in [-0.2, -0.15) is 5.26 Å². The molecule has 1 saturated carbocycles. The van der Waals surface area contributed by atoms with Crippen molar-refractivity contribution >= 4 is 22.9 Å². The van der Waals surface area contributed by atoms with Gasteiger partial charge in [-0.25, -0.2) is 0 Å². The summed E-state index contributed by atoms with van der Waals surface area (Å²) in [6, 6.07) is 6.55. The smallest absolute Gasteiger partial charge is 0.0931 e. The molecule has 1 aromatic rings. The molecule has 0 bridgehead atoms. The molecule has 2 rings (SSSR count). The molecule has 16 heavy (non-hydrogen) atoms. The summed E-state index contributed by atoms with van der Waals surface area (Å²) in [5.41, 5.74) is -0.124. The van der Waals surface area contributed by atoms with Gasteiger partial charge in [0.05, 0.1) is 15.8 Å². The summed E-state index contributed by atoms with van der Waals surface area (Å²) in [7, 11) is 0. The van der Waals surface area contributed by atoms with E-state index in [-0.39, 0.29) is 5.41 Å². The summed E-state index contributed by atoms with van der Waals surface area (Å²) >= 11 is 7.54. The number of nitriles is 1. The van der Waals surface area contributed by atoms with Crippen molar-refractivity contribution in [2.45, 2.75) is 39.0 Å². The van der Waals surface area contributed by atoms with Gasteiger partial charge in [0, 0.05) is 11.3 Å². The number of hydrogen-bond acceptors (Lipinski definition) is 2. The molecule has 1 aliphatic carbocycles. The Bertz CT molecular complexity index is 396. The molecule has 0 atom stereocenters. The second-order valence-electron chi connectivity index (χ2n) is 4.96. The van der Waals surface area contributed by atoms with Gasteiger partial charge in [-0.3, -0.25) is 0 Å². The number of hydrogen-bond donors (Lipinski definition) is 0. The van der Waals surface area contributed by atoms with Gasteiger partial charge in [0.15, 0.2) is 0 Å². The Labute approximate surface area is 106 Å². The minimum Gasteiger partial charge on any atom is -0.198 e. The summed E-state index contributed by atoms with van der Waals surface area (Å²) in [6.45, 7) is 2.28. The van der Waals surface area contributed by atoms with Crippen LogP contribution in [0.4, 0.5) is 0 Å². The van der Waals surface area contributed by atoms with Gasteiger partial charge in [0.2, 0.25) is 0 Å². The van der Waals surface area contributed by atoms with E-state index in [0.717, 1.165) is 29.5 Å². The van der Waals surface area contributed by atoms with Crippen LogP contribution in [0.1, 0.15) is 37.5 Å². The highest BCUT2D eigenvalue weighted by Crippen LogP contribution is 2.42. The minimum absolute atomic E-state index is 0.124. The molecule has 0 radical (unpaired) electrons. The zero-order chi connectivity index (χ0) is 11.6. The monoisotopic (exact) mass is 253 g/mol. The van der Waals surface area contributed by atoms with Crippen LogP contribution in [-0.4, -0.2) is 0 Å². The maximum absolute atomic E-state index is 9.42. The van der Waals surface area contributed by atoms with Crippen molar-refractivity contribution in [2.75, 3.05) is 0 Å². The molecule has 0 aromatic carbocycles. The molecule has 1 aliphatic rings. The highest BCUT2D eigenvalue weighted by atomic mass is 35.5. The number of nitrogens with zero attached hydrogens (tertiary/aromatic N) is 1. The van der Waals surface area contributed by atoms with Gasteiger partial charge in [-0.1, -0.05) is 18.5 Å². The van der Waals surface area contributed by atoms with Crippen LogP contribution < -0.4 is 0 Å². The van der Waals surface area contributed by atoms with E-state index >= 15 is 0 Å². The molecule has 3 heteroatoms. The summed E-state index contributed by atoms with van der Waals surface area (Å²) < 4.78 is 0.826. The molecule has 1 heterocycles. The van der Waals surface area contributed by atoms with Crippen LogP contribution in [0.3, 0.4) is 0 Å². The van der Waals surface area contributed by atoms with Crippen molar-refractivity contribution in [2.24, 2.45) is 11.3 Å². The predicted molar refractivity (Wildman–Crippen MR) is 68.7 cm³/mol. The number of halogens is 1. The fraction of sp³-hybridized carbons (Fsp3) is 0.615. The maximum atomic E-state index is 9.42. The second kappa shape index (κ2) is 4.77. The molecule has 0 N–H and O–H groups in total. The van der Waals surface area contributed by atoms with Crippen molar-refractivity contribution < 1.29 is 0 Å². The van der Waals surface area contributed by atoms with Crippen molar-refractivity contribution in [1.29, 1.82) is 5.26 Å². The average Bonchev–Trinajstić information content (AvgIpc) is 2.68. The van der Waals surface area contributed by atoms with E-state index in [4.69, 9.17) is 11.6 Å². The molecule has 0 aliphatic heterocycles. The zero-order valence-corrected chi connectivity index (χ0v) is 11.1. The van der Waals surface area contributed by atoms with Crippen LogP contribution in [0.5, 0.6) is 0 Å². The van der Waals surface area contributed by atoms with Gasteiger partial charge in [-0.05, 0) is 43.7 Å². The van der Waals surface area contributed by atoms with Crippen LogP contribution in [-0.2, 0) is 6.42 Å². The molecule has 1 nitrogen and oxygen atoms in total. The van der Waals surface area contributed by atoms with Crippen molar-refractivity contribution in [3.63, 3.8) is 0 Å². The van der Waals surface area contributed by atoms with E-state index < -0.39 is 0 Å². The van der Waals surface area contributed by atoms with Crippen LogP contribution in [0.25, 0.3) is 0 Å². The van der Waals surface area contributed by atoms with Crippen LogP contribution in [0.15, 0.2) is 12.1 Å². The van der Waals surface area contributed by atoms with E-state index in [9.17, 15) is 5.26 Å². The molecule has 1 fully saturated rings. The molecule has 1 aromatic heterocycles. The third-order valence-corrected chi connectivity index (χ3v) is 4.84. The number of thiophene rings is 1. The zero-order valence-electron chi connectivity index (χ0n) is 9.50. The molecule has 0 amide bonds. The lowest BCUT2D eigenvalue weighted by molar-refractivity contribution is 0.220. The summed E-state index contributed by atoms with van der Waals surface area (Å²) in [6.07, 6.45) is 5.34. The van der Waals surface area contributed by atoms with Crippen LogP contribution in [0.2, 0.25) is 4.34 Å². The lowest BCUT2D eigenvalue weighted by Crippen LogP contribution is -2.27. The Morgan fingerprint density at radius 2 is 2.19 bits per heavy atom. The van der Waals surface area contributed by atoms with Gasteiger partial charge in [0.25, 0.3) is 0 Å². The predicted octanol–water partition coefficient (Wildman–Crippen LogP) is 4.66. The van der Waals surface area contributed by atoms with Gasteiger partial charge >= 0.3 is 0 Å². The van der Waals surface area contributed by atoms with E-state index in [1.807, 2.05) is 6.07 Å². The Hall–Kier alpha value is -0.520. The Balaban J connectivity index is 2.08. The Morgan fingerprint density at radius 3 is 2.69 bits per heavy atom. The highest BCUT2D eigenvalue weighted by Gasteiger charge is 2.34. The second-order valence-corrected chi connectivity index (χ2v) is 6.76. The lowest BCUT2D eigenvalue weighted by atomic mass is 9.70. The molecule has 86 valence electrons. The van der Waals surface area contributed by atoms with Crippen molar-refractivity contribution in [3.8, 4) is 6.07 Å². The van der Waals surface area contributed by atoms with Crippen molar-refractivity contribution in [3.05, 3.63) is 21.3 Å². The minimum atomic E-state index is -0.124. The van der Waals surface area contributed by atoms with E-state index in [0.29, 0.717) is 0 Å².